The van der Waals surface area contributed by atoms with Gasteiger partial charge in [0.15, 0.2) is 0 Å². The number of hydrogen-bond donors (Lipinski definition) is 2. The van der Waals surface area contributed by atoms with Crippen molar-refractivity contribution in [2.24, 2.45) is 5.73 Å². The first kappa shape index (κ1) is 19.2. The third kappa shape index (κ3) is 4.50. The van der Waals surface area contributed by atoms with Crippen LogP contribution in [0.5, 0.6) is 0 Å². The Morgan fingerprint density at radius 1 is 1.12 bits per heavy atom. The predicted molar refractivity (Wildman–Crippen MR) is 85.2 cm³/mol. The lowest BCUT2D eigenvalue weighted by atomic mass is 10.1. The van der Waals surface area contributed by atoms with Crippen LogP contribution in [0.3, 0.4) is 0 Å². The minimum Gasteiger partial charge on any atom is -0.368 e. The van der Waals surface area contributed by atoms with E-state index in [-0.39, 0.29) is 5.56 Å². The Balaban J connectivity index is 2.43. The van der Waals surface area contributed by atoms with Crippen LogP contribution >= 0.6 is 11.6 Å². The van der Waals surface area contributed by atoms with Gasteiger partial charge in [0.1, 0.15) is 6.04 Å². The minimum absolute atomic E-state index is 0.253. The van der Waals surface area contributed by atoms with Crippen molar-refractivity contribution >= 4 is 27.5 Å². The molecule has 1 atom stereocenters. The minimum atomic E-state index is -4.83. The van der Waals surface area contributed by atoms with Crippen molar-refractivity contribution in [1.29, 1.82) is 0 Å². The van der Waals surface area contributed by atoms with E-state index in [9.17, 15) is 26.4 Å². The van der Waals surface area contributed by atoms with Gasteiger partial charge in [0, 0.05) is 0 Å². The molecule has 0 aliphatic rings. The van der Waals surface area contributed by atoms with Crippen molar-refractivity contribution in [2.75, 3.05) is 0 Å². The van der Waals surface area contributed by atoms with E-state index in [1.165, 1.54) is 12.1 Å². The van der Waals surface area contributed by atoms with Crippen molar-refractivity contribution in [3.05, 3.63) is 64.7 Å². The van der Waals surface area contributed by atoms with Gasteiger partial charge in [-0.15, -0.1) is 0 Å². The molecule has 2 rings (SSSR count). The molecular formula is C15H12ClF3N2O3S. The van der Waals surface area contributed by atoms with E-state index in [1.54, 1.807) is 18.2 Å². The second-order valence-electron chi connectivity index (χ2n) is 5.01. The Bertz CT molecular complexity index is 887. The van der Waals surface area contributed by atoms with E-state index in [4.69, 9.17) is 17.3 Å². The maximum absolute atomic E-state index is 12.9. The molecule has 134 valence electrons. The molecule has 0 fully saturated rings. The lowest BCUT2D eigenvalue weighted by molar-refractivity contribution is -0.137. The molecule has 5 nitrogen and oxygen atoms in total. The lowest BCUT2D eigenvalue weighted by Gasteiger charge is -2.17. The first-order valence-corrected chi connectivity index (χ1v) is 8.62. The smallest absolute Gasteiger partial charge is 0.368 e. The average molecular weight is 393 g/mol. The molecule has 0 bridgehead atoms. The summed E-state index contributed by atoms with van der Waals surface area (Å²) in [5.41, 5.74) is 4.16. The highest BCUT2D eigenvalue weighted by Crippen LogP contribution is 2.36. The molecule has 3 N–H and O–H groups in total. The number of nitrogens with one attached hydrogen (secondary N) is 1. The molecule has 1 unspecified atom stereocenters. The van der Waals surface area contributed by atoms with Gasteiger partial charge in [0.2, 0.25) is 15.9 Å². The van der Waals surface area contributed by atoms with Crippen molar-refractivity contribution in [2.45, 2.75) is 17.1 Å². The number of alkyl halides is 3. The first-order chi connectivity index (χ1) is 11.5. The molecule has 0 aliphatic heterocycles. The molecular weight excluding hydrogens is 381 g/mol. The summed E-state index contributed by atoms with van der Waals surface area (Å²) >= 11 is 5.47. The number of amides is 1. The number of halogens is 4. The van der Waals surface area contributed by atoms with Crippen LogP contribution in [0, 0.1) is 0 Å². The average Bonchev–Trinajstić information content (AvgIpc) is 2.52. The summed E-state index contributed by atoms with van der Waals surface area (Å²) in [6.45, 7) is 0. The maximum atomic E-state index is 12.9. The Morgan fingerprint density at radius 3 is 2.24 bits per heavy atom. The summed E-state index contributed by atoms with van der Waals surface area (Å²) in [5.74, 6) is -1.00. The van der Waals surface area contributed by atoms with E-state index < -0.39 is 43.6 Å². The standard InChI is InChI=1S/C15H12ClF3N2O3S/c16-12-7-6-10(8-11(12)15(17,18)19)25(23,24)21-13(14(20)22)9-4-2-1-3-5-9/h1-8,13,21H,(H2,20,22). The molecule has 0 radical (unpaired) electrons. The normalized spacial score (nSPS) is 13.4. The van der Waals surface area contributed by atoms with Crippen molar-refractivity contribution in [1.82, 2.24) is 4.72 Å². The number of sulfonamides is 1. The van der Waals surface area contributed by atoms with Crippen LogP contribution in [0.4, 0.5) is 13.2 Å². The summed E-state index contributed by atoms with van der Waals surface area (Å²) in [6.07, 6.45) is -4.83. The second-order valence-corrected chi connectivity index (χ2v) is 7.13. The third-order valence-corrected chi connectivity index (χ3v) is 4.99. The number of nitrogens with two attached hydrogens (primary N) is 1. The SMILES string of the molecule is NC(=O)C(NS(=O)(=O)c1ccc(Cl)c(C(F)(F)F)c1)c1ccccc1. The second kappa shape index (κ2) is 7.03. The quantitative estimate of drug-likeness (QED) is 0.819. The van der Waals surface area contributed by atoms with Crippen molar-refractivity contribution in [3.8, 4) is 0 Å². The third-order valence-electron chi connectivity index (χ3n) is 3.24. The predicted octanol–water partition coefficient (Wildman–Crippen LogP) is 2.86. The van der Waals surface area contributed by atoms with Gasteiger partial charge < -0.3 is 5.73 Å². The fourth-order valence-corrected chi connectivity index (χ4v) is 3.49. The Kier molecular flexibility index (Phi) is 5.40. The van der Waals surface area contributed by atoms with Crippen molar-refractivity contribution in [3.63, 3.8) is 0 Å². The molecule has 0 saturated carbocycles. The van der Waals surface area contributed by atoms with Crippen LogP contribution in [0.1, 0.15) is 17.2 Å². The van der Waals surface area contributed by atoms with Gasteiger partial charge in [-0.05, 0) is 23.8 Å². The molecule has 0 saturated heterocycles. The van der Waals surface area contributed by atoms with Gasteiger partial charge in [-0.1, -0.05) is 41.9 Å². The van der Waals surface area contributed by atoms with Crippen LogP contribution in [0.15, 0.2) is 53.4 Å². The zero-order chi connectivity index (χ0) is 18.8. The van der Waals surface area contributed by atoms with Crippen LogP contribution in [-0.2, 0) is 21.0 Å². The molecule has 10 heteroatoms. The highest BCUT2D eigenvalue weighted by atomic mass is 35.5. The van der Waals surface area contributed by atoms with E-state index >= 15 is 0 Å². The summed E-state index contributed by atoms with van der Waals surface area (Å²) in [6, 6.07) is 8.37. The van der Waals surface area contributed by atoms with Gasteiger partial charge in [-0.3, -0.25) is 4.79 Å². The van der Waals surface area contributed by atoms with Crippen LogP contribution in [0.2, 0.25) is 5.02 Å². The topological polar surface area (TPSA) is 89.3 Å². The summed E-state index contributed by atoms with van der Waals surface area (Å²) < 4.78 is 65.5. The summed E-state index contributed by atoms with van der Waals surface area (Å²) in [4.78, 5) is 10.9. The zero-order valence-electron chi connectivity index (χ0n) is 12.4. The Labute approximate surface area is 146 Å². The highest BCUT2D eigenvalue weighted by molar-refractivity contribution is 7.89. The largest absolute Gasteiger partial charge is 0.417 e. The van der Waals surface area contributed by atoms with Gasteiger partial charge in [-0.25, -0.2) is 8.42 Å². The van der Waals surface area contributed by atoms with E-state index in [0.29, 0.717) is 6.07 Å². The molecule has 2 aromatic rings. The fourth-order valence-electron chi connectivity index (χ4n) is 2.05. The van der Waals surface area contributed by atoms with Gasteiger partial charge in [0.25, 0.3) is 0 Å². The monoisotopic (exact) mass is 392 g/mol. The maximum Gasteiger partial charge on any atom is 0.417 e. The van der Waals surface area contributed by atoms with E-state index in [1.807, 2.05) is 4.72 Å². The summed E-state index contributed by atoms with van der Waals surface area (Å²) in [5, 5.41) is -0.638. The van der Waals surface area contributed by atoms with E-state index in [0.717, 1.165) is 12.1 Å². The van der Waals surface area contributed by atoms with Gasteiger partial charge in [-0.2, -0.15) is 17.9 Å². The van der Waals surface area contributed by atoms with Crippen LogP contribution in [0.25, 0.3) is 0 Å². The fraction of sp³-hybridized carbons (Fsp3) is 0.133. The molecule has 0 heterocycles. The van der Waals surface area contributed by atoms with Gasteiger partial charge >= 0.3 is 6.18 Å². The number of carbonyl (C=O) groups excluding carboxylic acids is 1. The molecule has 0 spiro atoms. The lowest BCUT2D eigenvalue weighted by Crippen LogP contribution is -2.37. The van der Waals surface area contributed by atoms with Crippen molar-refractivity contribution < 1.29 is 26.4 Å². The highest BCUT2D eigenvalue weighted by Gasteiger charge is 2.35. The molecule has 2 aromatic carbocycles. The van der Waals surface area contributed by atoms with E-state index in [2.05, 4.69) is 0 Å². The Hall–Kier alpha value is -2.10. The van der Waals surface area contributed by atoms with Gasteiger partial charge in [0.05, 0.1) is 15.5 Å². The number of benzene rings is 2. The molecule has 0 aliphatic carbocycles. The van der Waals surface area contributed by atoms with Crippen LogP contribution in [-0.4, -0.2) is 14.3 Å². The molecule has 25 heavy (non-hydrogen) atoms. The zero-order valence-corrected chi connectivity index (χ0v) is 14.0. The first-order valence-electron chi connectivity index (χ1n) is 6.76. The number of carbonyl (C=O) groups is 1. The van der Waals surface area contributed by atoms with Crippen LogP contribution < -0.4 is 10.5 Å². The number of primary amides is 1. The Morgan fingerprint density at radius 2 is 1.72 bits per heavy atom. The number of rotatable bonds is 5. The molecule has 0 aromatic heterocycles. The number of hydrogen-bond acceptors (Lipinski definition) is 3. The molecule has 1 amide bonds. The summed E-state index contributed by atoms with van der Waals surface area (Å²) in [7, 11) is -4.46.